The van der Waals surface area contributed by atoms with Gasteiger partial charge in [0.05, 0.1) is 11.1 Å². The summed E-state index contributed by atoms with van der Waals surface area (Å²) in [7, 11) is 0. The van der Waals surface area contributed by atoms with Gasteiger partial charge in [0.15, 0.2) is 0 Å². The molecule has 6 heteroatoms. The number of aryl methyl sites for hydroxylation is 1. The molecule has 0 bridgehead atoms. The second-order valence-electron chi connectivity index (χ2n) is 6.66. The minimum Gasteiger partial charge on any atom is -0.295 e. The van der Waals surface area contributed by atoms with E-state index < -0.39 is 11.7 Å². The standard InChI is InChI=1S/C22H21ClF3N.ClH/c1-15(19-11-5-8-17-7-2-3-10-20(17)19)27-21(23)13-12-16-6-4-9-18(14-16)22(24,25)26;/h2-11,14-15,21,27H,12-13H2,1H3;1H. The van der Waals surface area contributed by atoms with Gasteiger partial charge in [-0.15, -0.1) is 24.0 Å². The molecule has 150 valence electrons. The van der Waals surface area contributed by atoms with E-state index in [1.54, 1.807) is 6.07 Å². The van der Waals surface area contributed by atoms with Crippen molar-refractivity contribution in [3.05, 3.63) is 83.4 Å². The van der Waals surface area contributed by atoms with Gasteiger partial charge < -0.3 is 0 Å². The van der Waals surface area contributed by atoms with Gasteiger partial charge in [0.2, 0.25) is 0 Å². The number of benzene rings is 3. The first-order valence-corrected chi connectivity index (χ1v) is 9.32. The van der Waals surface area contributed by atoms with Crippen molar-refractivity contribution in [3.63, 3.8) is 0 Å². The third kappa shape index (κ3) is 5.63. The summed E-state index contributed by atoms with van der Waals surface area (Å²) in [5, 5.41) is 5.68. The summed E-state index contributed by atoms with van der Waals surface area (Å²) < 4.78 is 38.4. The molecule has 0 heterocycles. The molecule has 1 N–H and O–H groups in total. The molecule has 0 radical (unpaired) electrons. The zero-order valence-electron chi connectivity index (χ0n) is 15.3. The van der Waals surface area contributed by atoms with Crippen LogP contribution < -0.4 is 5.32 Å². The lowest BCUT2D eigenvalue weighted by Gasteiger charge is -2.20. The van der Waals surface area contributed by atoms with Crippen LogP contribution in [0.5, 0.6) is 0 Å². The monoisotopic (exact) mass is 427 g/mol. The first-order chi connectivity index (χ1) is 12.8. The number of hydrogen-bond acceptors (Lipinski definition) is 1. The van der Waals surface area contributed by atoms with Gasteiger partial charge in [-0.2, -0.15) is 13.2 Å². The van der Waals surface area contributed by atoms with Crippen LogP contribution in [0.3, 0.4) is 0 Å². The topological polar surface area (TPSA) is 12.0 Å². The van der Waals surface area contributed by atoms with Crippen LogP contribution in [-0.2, 0) is 12.6 Å². The first kappa shape index (κ1) is 22.5. The Morgan fingerprint density at radius 1 is 0.964 bits per heavy atom. The molecule has 2 atom stereocenters. The van der Waals surface area contributed by atoms with Gasteiger partial charge >= 0.3 is 6.18 Å². The highest BCUT2D eigenvalue weighted by atomic mass is 35.5. The van der Waals surface area contributed by atoms with Gasteiger partial charge in [-0.1, -0.05) is 60.7 Å². The largest absolute Gasteiger partial charge is 0.416 e. The molecular formula is C22H22Cl2F3N. The highest BCUT2D eigenvalue weighted by molar-refractivity contribution is 6.20. The van der Waals surface area contributed by atoms with Crippen molar-refractivity contribution in [2.45, 2.75) is 37.5 Å². The molecule has 0 aliphatic rings. The normalized spacial score (nSPS) is 13.8. The van der Waals surface area contributed by atoms with Crippen molar-refractivity contribution in [1.29, 1.82) is 0 Å². The maximum absolute atomic E-state index is 12.8. The molecule has 0 amide bonds. The lowest BCUT2D eigenvalue weighted by Crippen LogP contribution is -2.27. The van der Waals surface area contributed by atoms with Crippen LogP contribution in [0.4, 0.5) is 13.2 Å². The Morgan fingerprint density at radius 3 is 2.39 bits per heavy atom. The van der Waals surface area contributed by atoms with Crippen LogP contribution >= 0.6 is 24.0 Å². The van der Waals surface area contributed by atoms with Crippen molar-refractivity contribution in [2.75, 3.05) is 0 Å². The van der Waals surface area contributed by atoms with Gasteiger partial charge in [-0.3, -0.25) is 5.32 Å². The Balaban J connectivity index is 0.00000280. The van der Waals surface area contributed by atoms with Crippen molar-refractivity contribution >= 4 is 34.8 Å². The average Bonchev–Trinajstić information content (AvgIpc) is 2.65. The minimum atomic E-state index is -4.32. The van der Waals surface area contributed by atoms with Gasteiger partial charge in [0.25, 0.3) is 0 Å². The highest BCUT2D eigenvalue weighted by Crippen LogP contribution is 2.30. The summed E-state index contributed by atoms with van der Waals surface area (Å²) >= 11 is 6.42. The molecule has 2 unspecified atom stereocenters. The van der Waals surface area contributed by atoms with Crippen molar-refractivity contribution in [3.8, 4) is 0 Å². The van der Waals surface area contributed by atoms with Crippen LogP contribution in [0, 0.1) is 0 Å². The van der Waals surface area contributed by atoms with E-state index in [4.69, 9.17) is 11.6 Å². The first-order valence-electron chi connectivity index (χ1n) is 8.88. The number of nitrogens with one attached hydrogen (secondary N) is 1. The lowest BCUT2D eigenvalue weighted by atomic mass is 9.99. The fourth-order valence-electron chi connectivity index (χ4n) is 3.27. The zero-order valence-corrected chi connectivity index (χ0v) is 16.9. The summed E-state index contributed by atoms with van der Waals surface area (Å²) in [5.41, 5.74) is 0.824. The van der Waals surface area contributed by atoms with Gasteiger partial charge in [-0.25, -0.2) is 0 Å². The quantitative estimate of drug-likeness (QED) is 0.325. The molecule has 0 saturated carbocycles. The molecule has 0 aliphatic heterocycles. The number of halogens is 5. The van der Waals surface area contributed by atoms with Crippen LogP contribution in [0.1, 0.15) is 36.1 Å². The predicted octanol–water partition coefficient (Wildman–Crippen LogP) is 7.13. The summed E-state index contributed by atoms with van der Waals surface area (Å²) in [4.78, 5) is 0. The van der Waals surface area contributed by atoms with E-state index in [2.05, 4.69) is 29.6 Å². The van der Waals surface area contributed by atoms with E-state index in [1.165, 1.54) is 22.9 Å². The molecule has 0 spiro atoms. The third-order valence-electron chi connectivity index (χ3n) is 4.66. The highest BCUT2D eigenvalue weighted by Gasteiger charge is 2.30. The molecule has 3 aromatic carbocycles. The molecule has 3 rings (SSSR count). The fourth-order valence-corrected chi connectivity index (χ4v) is 3.57. The summed E-state index contributed by atoms with van der Waals surface area (Å²) in [6.07, 6.45) is -3.30. The van der Waals surface area contributed by atoms with Crippen LogP contribution in [0.2, 0.25) is 0 Å². The van der Waals surface area contributed by atoms with Crippen LogP contribution in [0.25, 0.3) is 10.8 Å². The number of fused-ring (bicyclic) bond motifs is 1. The average molecular weight is 428 g/mol. The Morgan fingerprint density at radius 2 is 1.64 bits per heavy atom. The van der Waals surface area contributed by atoms with Crippen molar-refractivity contribution in [2.24, 2.45) is 0 Å². The Hall–Kier alpha value is -1.75. The number of alkyl halides is 4. The van der Waals surface area contributed by atoms with E-state index in [1.807, 2.05) is 25.1 Å². The zero-order chi connectivity index (χ0) is 19.4. The van der Waals surface area contributed by atoms with Crippen LogP contribution in [0.15, 0.2) is 66.7 Å². The minimum absolute atomic E-state index is 0. The van der Waals surface area contributed by atoms with E-state index in [0.29, 0.717) is 18.4 Å². The lowest BCUT2D eigenvalue weighted by molar-refractivity contribution is -0.137. The van der Waals surface area contributed by atoms with E-state index in [-0.39, 0.29) is 23.9 Å². The second kappa shape index (κ2) is 9.64. The molecule has 0 aromatic heterocycles. The Labute approximate surface area is 174 Å². The van der Waals surface area contributed by atoms with E-state index in [0.717, 1.165) is 11.6 Å². The van der Waals surface area contributed by atoms with Crippen molar-refractivity contribution in [1.82, 2.24) is 5.32 Å². The summed E-state index contributed by atoms with van der Waals surface area (Å²) in [6, 6.07) is 19.7. The Bertz CT molecular complexity index is 906. The van der Waals surface area contributed by atoms with Gasteiger partial charge in [-0.05, 0) is 47.7 Å². The molecule has 3 aromatic rings. The molecular weight excluding hydrogens is 406 g/mol. The maximum Gasteiger partial charge on any atom is 0.416 e. The predicted molar refractivity (Wildman–Crippen MR) is 112 cm³/mol. The van der Waals surface area contributed by atoms with E-state index in [9.17, 15) is 13.2 Å². The van der Waals surface area contributed by atoms with Gasteiger partial charge in [0.1, 0.15) is 0 Å². The maximum atomic E-state index is 12.8. The van der Waals surface area contributed by atoms with E-state index >= 15 is 0 Å². The number of rotatable bonds is 6. The molecule has 0 aliphatic carbocycles. The second-order valence-corrected chi connectivity index (χ2v) is 7.19. The summed E-state index contributed by atoms with van der Waals surface area (Å²) in [5.74, 6) is 0. The van der Waals surface area contributed by atoms with Crippen molar-refractivity contribution < 1.29 is 13.2 Å². The van der Waals surface area contributed by atoms with Gasteiger partial charge in [0, 0.05) is 6.04 Å². The third-order valence-corrected chi connectivity index (χ3v) is 5.01. The Kier molecular flexibility index (Phi) is 7.76. The molecule has 1 nitrogen and oxygen atoms in total. The number of hydrogen-bond donors (Lipinski definition) is 1. The van der Waals surface area contributed by atoms with Crippen LogP contribution in [-0.4, -0.2) is 5.50 Å². The molecule has 28 heavy (non-hydrogen) atoms. The SMILES string of the molecule is CC(NC(Cl)CCc1cccc(C(F)(F)F)c1)c1cccc2ccccc12.Cl. The molecule has 0 saturated heterocycles. The smallest absolute Gasteiger partial charge is 0.295 e. The summed E-state index contributed by atoms with van der Waals surface area (Å²) in [6.45, 7) is 2.04. The fraction of sp³-hybridized carbons (Fsp3) is 0.273. The molecule has 0 fully saturated rings.